The van der Waals surface area contributed by atoms with Gasteiger partial charge in [-0.15, -0.1) is 0 Å². The van der Waals surface area contributed by atoms with E-state index >= 15 is 0 Å². The van der Waals surface area contributed by atoms with Crippen molar-refractivity contribution in [1.29, 1.82) is 0 Å². The van der Waals surface area contributed by atoms with Crippen LogP contribution in [-0.2, 0) is 0 Å². The van der Waals surface area contributed by atoms with Crippen LogP contribution >= 0.6 is 0 Å². The summed E-state index contributed by atoms with van der Waals surface area (Å²) in [5.41, 5.74) is 8.30. The van der Waals surface area contributed by atoms with Gasteiger partial charge in [0.15, 0.2) is 0 Å². The first-order valence-corrected chi connectivity index (χ1v) is 6.80. The molecule has 1 aromatic rings. The van der Waals surface area contributed by atoms with Gasteiger partial charge < -0.3 is 10.2 Å². The Hall–Kier alpha value is -1.35. The molecule has 1 heterocycles. The van der Waals surface area contributed by atoms with Gasteiger partial charge in [0.05, 0.1) is 33.2 Å². The molecule has 0 bridgehead atoms. The van der Waals surface area contributed by atoms with Crippen molar-refractivity contribution in [3.63, 3.8) is 0 Å². The highest BCUT2D eigenvalue weighted by molar-refractivity contribution is 5.97. The maximum atomic E-state index is 6.02. The van der Waals surface area contributed by atoms with Crippen LogP contribution in [0.15, 0.2) is 29.3 Å². The molecule has 0 saturated carbocycles. The van der Waals surface area contributed by atoms with Crippen molar-refractivity contribution in [2.24, 2.45) is 10.7 Å². The molecule has 0 radical (unpaired) electrons. The van der Waals surface area contributed by atoms with Gasteiger partial charge in [-0.25, -0.2) is 0 Å². The second-order valence-electron chi connectivity index (χ2n) is 5.63. The van der Waals surface area contributed by atoms with E-state index in [1.54, 1.807) is 0 Å². The molecular formula is C15H24N3+. The normalized spacial score (nSPS) is 19.1. The summed E-state index contributed by atoms with van der Waals surface area (Å²) in [7, 11) is 2.32. The Morgan fingerprint density at radius 2 is 1.83 bits per heavy atom. The Labute approximate surface area is 110 Å². The lowest BCUT2D eigenvalue weighted by molar-refractivity contribution is -0.896. The van der Waals surface area contributed by atoms with E-state index in [-0.39, 0.29) is 0 Å². The molecule has 2 N–H and O–H groups in total. The molecule has 0 aromatic heterocycles. The first kappa shape index (κ1) is 13.1. The monoisotopic (exact) mass is 246 g/mol. The van der Waals surface area contributed by atoms with Crippen LogP contribution in [0.3, 0.4) is 0 Å². The fraction of sp³-hybridized carbons (Fsp3) is 0.533. The highest BCUT2D eigenvalue weighted by Crippen LogP contribution is 2.15. The molecule has 0 aliphatic carbocycles. The number of aliphatic imine (C=N–C) groups is 1. The number of hydrogen-bond acceptors (Lipinski definition) is 1. The van der Waals surface area contributed by atoms with E-state index in [4.69, 9.17) is 5.73 Å². The molecule has 1 aromatic carbocycles. The molecule has 3 nitrogen and oxygen atoms in total. The van der Waals surface area contributed by atoms with E-state index in [1.807, 2.05) is 12.1 Å². The summed E-state index contributed by atoms with van der Waals surface area (Å²) in [6, 6.07) is 8.23. The summed E-state index contributed by atoms with van der Waals surface area (Å²) in [5.74, 6) is 0.667. The highest BCUT2D eigenvalue weighted by Gasteiger charge is 2.25. The molecule has 1 aliphatic heterocycles. The number of rotatable bonds is 4. The van der Waals surface area contributed by atoms with Crippen molar-refractivity contribution in [2.75, 3.05) is 33.2 Å². The second kappa shape index (κ2) is 5.53. The Morgan fingerprint density at radius 1 is 1.22 bits per heavy atom. The minimum atomic E-state index is 0.667. The third-order valence-corrected chi connectivity index (χ3v) is 3.92. The molecule has 3 heteroatoms. The summed E-state index contributed by atoms with van der Waals surface area (Å²) in [4.78, 5) is 4.51. The van der Waals surface area contributed by atoms with Crippen molar-refractivity contribution in [1.82, 2.24) is 0 Å². The quantitative estimate of drug-likeness (QED) is 0.492. The molecule has 0 atom stereocenters. The summed E-state index contributed by atoms with van der Waals surface area (Å²) < 4.78 is 1.16. The van der Waals surface area contributed by atoms with Gasteiger partial charge in [0.1, 0.15) is 5.84 Å². The summed E-state index contributed by atoms with van der Waals surface area (Å²) in [5, 5.41) is 0. The van der Waals surface area contributed by atoms with E-state index < -0.39 is 0 Å². The maximum Gasteiger partial charge on any atom is 0.125 e. The SMILES string of the molecule is Cc1ccc(C(N)=NCC[N+]2(C)CCCC2)cc1. The Bertz CT molecular complexity index is 414. The van der Waals surface area contributed by atoms with Gasteiger partial charge in [-0.05, 0) is 6.92 Å². The van der Waals surface area contributed by atoms with E-state index in [0.717, 1.165) is 23.1 Å². The zero-order valence-corrected chi connectivity index (χ0v) is 11.5. The minimum absolute atomic E-state index is 0.667. The smallest absolute Gasteiger partial charge is 0.125 e. The summed E-state index contributed by atoms with van der Waals surface area (Å²) in [6.45, 7) is 6.60. The van der Waals surface area contributed by atoms with E-state index in [0.29, 0.717) is 5.84 Å². The first-order valence-electron chi connectivity index (χ1n) is 6.80. The van der Waals surface area contributed by atoms with Crippen molar-refractivity contribution in [3.05, 3.63) is 35.4 Å². The molecule has 18 heavy (non-hydrogen) atoms. The van der Waals surface area contributed by atoms with E-state index in [9.17, 15) is 0 Å². The predicted molar refractivity (Wildman–Crippen MR) is 76.8 cm³/mol. The molecule has 98 valence electrons. The molecule has 0 spiro atoms. The van der Waals surface area contributed by atoms with E-state index in [2.05, 4.69) is 31.1 Å². The highest BCUT2D eigenvalue weighted by atomic mass is 15.3. The third kappa shape index (κ3) is 3.33. The lowest BCUT2D eigenvalue weighted by atomic mass is 10.1. The van der Waals surface area contributed by atoms with Crippen LogP contribution in [-0.4, -0.2) is 43.5 Å². The second-order valence-corrected chi connectivity index (χ2v) is 5.63. The average molecular weight is 246 g/mol. The van der Waals surface area contributed by atoms with Gasteiger partial charge in [-0.2, -0.15) is 0 Å². The van der Waals surface area contributed by atoms with E-state index in [1.165, 1.54) is 31.5 Å². The van der Waals surface area contributed by atoms with Crippen LogP contribution < -0.4 is 5.73 Å². The van der Waals surface area contributed by atoms with Crippen molar-refractivity contribution in [3.8, 4) is 0 Å². The largest absolute Gasteiger partial charge is 0.384 e. The Kier molecular flexibility index (Phi) is 4.02. The first-order chi connectivity index (χ1) is 8.59. The lowest BCUT2D eigenvalue weighted by Gasteiger charge is -2.28. The number of likely N-dealkylation sites (N-methyl/N-ethyl adjacent to an activating group) is 1. The fourth-order valence-corrected chi connectivity index (χ4v) is 2.55. The topological polar surface area (TPSA) is 38.4 Å². The fourth-order valence-electron chi connectivity index (χ4n) is 2.55. The summed E-state index contributed by atoms with van der Waals surface area (Å²) in [6.07, 6.45) is 2.71. The molecule has 1 fully saturated rings. The number of quaternary nitrogens is 1. The lowest BCUT2D eigenvalue weighted by Crippen LogP contribution is -2.42. The van der Waals surface area contributed by atoms with Gasteiger partial charge in [0.25, 0.3) is 0 Å². The maximum absolute atomic E-state index is 6.02. The minimum Gasteiger partial charge on any atom is -0.384 e. The number of nitrogens with two attached hydrogens (primary N) is 1. The van der Waals surface area contributed by atoms with Crippen molar-refractivity contribution < 1.29 is 4.48 Å². The molecule has 1 aliphatic rings. The zero-order chi connectivity index (χ0) is 13.0. The number of hydrogen-bond donors (Lipinski definition) is 1. The number of amidine groups is 1. The summed E-state index contributed by atoms with van der Waals surface area (Å²) >= 11 is 0. The predicted octanol–water partition coefficient (Wildman–Crippen LogP) is 1.94. The van der Waals surface area contributed by atoms with Crippen molar-refractivity contribution >= 4 is 5.84 Å². The molecule has 1 saturated heterocycles. The van der Waals surface area contributed by atoms with Gasteiger partial charge in [-0.3, -0.25) is 4.99 Å². The van der Waals surface area contributed by atoms with Crippen LogP contribution in [0.1, 0.15) is 24.0 Å². The standard InChI is InChI=1S/C15H24N3/c1-13-5-7-14(8-6-13)15(16)17-9-12-18(2)10-3-4-11-18/h5-8H,3-4,9-12H2,1-2H3,(H2,16,17)/q+1. The van der Waals surface area contributed by atoms with Gasteiger partial charge >= 0.3 is 0 Å². The van der Waals surface area contributed by atoms with Crippen LogP contribution in [0.25, 0.3) is 0 Å². The molecule has 0 amide bonds. The Morgan fingerprint density at radius 3 is 2.44 bits per heavy atom. The number of nitrogens with zero attached hydrogens (tertiary/aromatic N) is 2. The van der Waals surface area contributed by atoms with Crippen LogP contribution in [0, 0.1) is 6.92 Å². The van der Waals surface area contributed by atoms with Crippen LogP contribution in [0.4, 0.5) is 0 Å². The molecule has 2 rings (SSSR count). The number of likely N-dealkylation sites (tertiary alicyclic amines) is 1. The van der Waals surface area contributed by atoms with Crippen molar-refractivity contribution in [2.45, 2.75) is 19.8 Å². The van der Waals surface area contributed by atoms with Gasteiger partial charge in [0, 0.05) is 18.4 Å². The Balaban J connectivity index is 1.90. The van der Waals surface area contributed by atoms with Gasteiger partial charge in [-0.1, -0.05) is 29.8 Å². The average Bonchev–Trinajstić information content (AvgIpc) is 2.77. The van der Waals surface area contributed by atoms with Crippen LogP contribution in [0.5, 0.6) is 0 Å². The number of aryl methyl sites for hydroxylation is 1. The third-order valence-electron chi connectivity index (χ3n) is 3.92. The van der Waals surface area contributed by atoms with Gasteiger partial charge in [0.2, 0.25) is 0 Å². The zero-order valence-electron chi connectivity index (χ0n) is 11.5. The molecule has 0 unspecified atom stereocenters. The van der Waals surface area contributed by atoms with Crippen LogP contribution in [0.2, 0.25) is 0 Å². The molecular weight excluding hydrogens is 222 g/mol. The number of benzene rings is 1.